The third-order valence-corrected chi connectivity index (χ3v) is 7.61. The third-order valence-electron chi connectivity index (χ3n) is 5.10. The van der Waals surface area contributed by atoms with Gasteiger partial charge in [0.2, 0.25) is 15.9 Å². The molecular formula is C21H24Cl2N2O3S. The molecule has 0 aliphatic heterocycles. The van der Waals surface area contributed by atoms with Gasteiger partial charge in [-0.15, -0.1) is 0 Å². The Morgan fingerprint density at radius 1 is 1.07 bits per heavy atom. The van der Waals surface area contributed by atoms with Crippen molar-refractivity contribution in [2.45, 2.75) is 50.1 Å². The van der Waals surface area contributed by atoms with Crippen LogP contribution in [-0.4, -0.2) is 31.2 Å². The van der Waals surface area contributed by atoms with E-state index >= 15 is 0 Å². The van der Waals surface area contributed by atoms with E-state index in [0.717, 1.165) is 35.6 Å². The van der Waals surface area contributed by atoms with Crippen LogP contribution in [0.3, 0.4) is 0 Å². The molecule has 1 saturated carbocycles. The smallest absolute Gasteiger partial charge is 0.243 e. The molecule has 1 aliphatic carbocycles. The van der Waals surface area contributed by atoms with E-state index in [9.17, 15) is 13.2 Å². The van der Waals surface area contributed by atoms with Crippen LogP contribution in [0.2, 0.25) is 10.0 Å². The Labute approximate surface area is 182 Å². The fourth-order valence-electron chi connectivity index (χ4n) is 3.45. The van der Waals surface area contributed by atoms with Crippen LogP contribution in [0.15, 0.2) is 47.4 Å². The molecular weight excluding hydrogens is 431 g/mol. The standard InChI is InChI=1S/C21H24Cl2N2O3S/c1-15-9-11-17(12-10-15)29(27,28)25(13-18-19(22)7-4-8-20(18)23)14-21(26)24-16-5-2-3-6-16/h4,7-12,16H,2-3,5-6,13-14H2,1H3,(H,24,26). The second-order valence-corrected chi connectivity index (χ2v) is 10.1. The van der Waals surface area contributed by atoms with Gasteiger partial charge in [0.15, 0.2) is 0 Å². The number of carbonyl (C=O) groups excluding carboxylic acids is 1. The Morgan fingerprint density at radius 3 is 2.24 bits per heavy atom. The van der Waals surface area contributed by atoms with Crippen molar-refractivity contribution in [2.75, 3.05) is 6.54 Å². The van der Waals surface area contributed by atoms with Crippen molar-refractivity contribution in [3.63, 3.8) is 0 Å². The molecule has 29 heavy (non-hydrogen) atoms. The predicted molar refractivity (Wildman–Crippen MR) is 116 cm³/mol. The van der Waals surface area contributed by atoms with Crippen molar-refractivity contribution in [1.29, 1.82) is 0 Å². The van der Waals surface area contributed by atoms with Gasteiger partial charge in [-0.2, -0.15) is 4.31 Å². The quantitative estimate of drug-likeness (QED) is 0.666. The Hall–Kier alpha value is -1.60. The van der Waals surface area contributed by atoms with Crippen LogP contribution in [0.4, 0.5) is 0 Å². The topological polar surface area (TPSA) is 66.5 Å². The Morgan fingerprint density at radius 2 is 1.66 bits per heavy atom. The van der Waals surface area contributed by atoms with Gasteiger partial charge in [0.25, 0.3) is 0 Å². The van der Waals surface area contributed by atoms with Crippen LogP contribution in [0, 0.1) is 6.92 Å². The first-order chi connectivity index (χ1) is 13.8. The number of nitrogens with one attached hydrogen (secondary N) is 1. The fourth-order valence-corrected chi connectivity index (χ4v) is 5.33. The average Bonchev–Trinajstić information content (AvgIpc) is 3.17. The Balaban J connectivity index is 1.89. The first-order valence-corrected chi connectivity index (χ1v) is 11.8. The highest BCUT2D eigenvalue weighted by Gasteiger charge is 2.29. The van der Waals surface area contributed by atoms with Crippen LogP contribution < -0.4 is 5.32 Å². The molecule has 0 radical (unpaired) electrons. The zero-order valence-electron chi connectivity index (χ0n) is 16.2. The molecule has 0 heterocycles. The normalized spacial score (nSPS) is 15.0. The monoisotopic (exact) mass is 454 g/mol. The van der Waals surface area contributed by atoms with Crippen LogP contribution >= 0.6 is 23.2 Å². The molecule has 0 aromatic heterocycles. The average molecular weight is 455 g/mol. The van der Waals surface area contributed by atoms with E-state index in [1.54, 1.807) is 42.5 Å². The highest BCUT2D eigenvalue weighted by Crippen LogP contribution is 2.28. The summed E-state index contributed by atoms with van der Waals surface area (Å²) < 4.78 is 27.7. The third kappa shape index (κ3) is 5.51. The maximum Gasteiger partial charge on any atom is 0.243 e. The minimum atomic E-state index is -3.92. The second-order valence-electron chi connectivity index (χ2n) is 7.34. The van der Waals surface area contributed by atoms with Crippen LogP contribution in [0.5, 0.6) is 0 Å². The lowest BCUT2D eigenvalue weighted by Gasteiger charge is -2.24. The van der Waals surface area contributed by atoms with Crippen LogP contribution in [-0.2, 0) is 21.4 Å². The van der Waals surface area contributed by atoms with E-state index in [1.807, 2.05) is 6.92 Å². The summed E-state index contributed by atoms with van der Waals surface area (Å²) in [7, 11) is -3.92. The summed E-state index contributed by atoms with van der Waals surface area (Å²) in [5.74, 6) is -0.323. The van der Waals surface area contributed by atoms with Crippen molar-refractivity contribution in [3.8, 4) is 0 Å². The molecule has 8 heteroatoms. The minimum Gasteiger partial charge on any atom is -0.352 e. The van der Waals surface area contributed by atoms with Gasteiger partial charge in [0, 0.05) is 28.2 Å². The largest absolute Gasteiger partial charge is 0.352 e. The number of carbonyl (C=O) groups is 1. The number of halogens is 2. The molecule has 1 N–H and O–H groups in total. The highest BCUT2D eigenvalue weighted by atomic mass is 35.5. The summed E-state index contributed by atoms with van der Waals surface area (Å²) in [6.45, 7) is 1.49. The van der Waals surface area contributed by atoms with Crippen LogP contribution in [0.1, 0.15) is 36.8 Å². The van der Waals surface area contributed by atoms with Crippen LogP contribution in [0.25, 0.3) is 0 Å². The molecule has 0 spiro atoms. The summed E-state index contributed by atoms with van der Waals surface area (Å²) in [5.41, 5.74) is 1.42. The van der Waals surface area contributed by atoms with Crippen molar-refractivity contribution >= 4 is 39.1 Å². The van der Waals surface area contributed by atoms with E-state index < -0.39 is 10.0 Å². The van der Waals surface area contributed by atoms with Crippen molar-refractivity contribution < 1.29 is 13.2 Å². The lowest BCUT2D eigenvalue weighted by molar-refractivity contribution is -0.122. The second kappa shape index (κ2) is 9.47. The molecule has 5 nitrogen and oxygen atoms in total. The summed E-state index contributed by atoms with van der Waals surface area (Å²) in [4.78, 5) is 12.7. The van der Waals surface area contributed by atoms with Gasteiger partial charge in [0.05, 0.1) is 11.4 Å². The van der Waals surface area contributed by atoms with Gasteiger partial charge < -0.3 is 5.32 Å². The van der Waals surface area contributed by atoms with Gasteiger partial charge >= 0.3 is 0 Å². The molecule has 0 saturated heterocycles. The molecule has 156 valence electrons. The molecule has 2 aromatic rings. The van der Waals surface area contributed by atoms with Gasteiger partial charge in [-0.25, -0.2) is 8.42 Å². The molecule has 3 rings (SSSR count). The number of benzene rings is 2. The number of sulfonamides is 1. The molecule has 1 amide bonds. The molecule has 0 bridgehead atoms. The number of rotatable bonds is 7. The van der Waals surface area contributed by atoms with Crippen molar-refractivity contribution in [3.05, 3.63) is 63.6 Å². The van der Waals surface area contributed by atoms with Gasteiger partial charge in [-0.05, 0) is 44.0 Å². The van der Waals surface area contributed by atoms with Gasteiger partial charge in [-0.1, -0.05) is 59.8 Å². The molecule has 1 aliphatic rings. The van der Waals surface area contributed by atoms with E-state index in [4.69, 9.17) is 23.2 Å². The predicted octanol–water partition coefficient (Wildman–Crippen LogP) is 4.55. The van der Waals surface area contributed by atoms with E-state index in [-0.39, 0.29) is 29.9 Å². The van der Waals surface area contributed by atoms with Gasteiger partial charge in [0.1, 0.15) is 0 Å². The van der Waals surface area contributed by atoms with Gasteiger partial charge in [-0.3, -0.25) is 4.79 Å². The lowest BCUT2D eigenvalue weighted by atomic mass is 10.2. The first kappa shape index (κ1) is 22.1. The number of nitrogens with zero attached hydrogens (tertiary/aromatic N) is 1. The minimum absolute atomic E-state index is 0.0905. The fraction of sp³-hybridized carbons (Fsp3) is 0.381. The van der Waals surface area contributed by atoms with Crippen molar-refractivity contribution in [2.24, 2.45) is 0 Å². The summed E-state index contributed by atoms with van der Waals surface area (Å²) in [5, 5.41) is 3.66. The summed E-state index contributed by atoms with van der Waals surface area (Å²) in [6.07, 6.45) is 4.00. The van der Waals surface area contributed by atoms with E-state index in [2.05, 4.69) is 5.32 Å². The number of hydrogen-bond donors (Lipinski definition) is 1. The maximum atomic E-state index is 13.3. The molecule has 1 fully saturated rings. The molecule has 0 atom stereocenters. The zero-order valence-corrected chi connectivity index (χ0v) is 18.5. The van der Waals surface area contributed by atoms with Crippen molar-refractivity contribution in [1.82, 2.24) is 9.62 Å². The highest BCUT2D eigenvalue weighted by molar-refractivity contribution is 7.89. The van der Waals surface area contributed by atoms with E-state index in [0.29, 0.717) is 15.6 Å². The Kier molecular flexibility index (Phi) is 7.22. The maximum absolute atomic E-state index is 13.3. The molecule has 2 aromatic carbocycles. The number of aryl methyl sites for hydroxylation is 1. The number of amides is 1. The Bertz CT molecular complexity index is 952. The summed E-state index contributed by atoms with van der Waals surface area (Å²) in [6, 6.07) is 11.6. The van der Waals surface area contributed by atoms with E-state index in [1.165, 1.54) is 0 Å². The SMILES string of the molecule is Cc1ccc(S(=O)(=O)N(CC(=O)NC2CCCC2)Cc2c(Cl)cccc2Cl)cc1. The molecule has 0 unspecified atom stereocenters. The lowest BCUT2D eigenvalue weighted by Crippen LogP contribution is -2.43. The number of hydrogen-bond acceptors (Lipinski definition) is 3. The zero-order chi connectivity index (χ0) is 21.0. The first-order valence-electron chi connectivity index (χ1n) is 9.56. The summed E-state index contributed by atoms with van der Waals surface area (Å²) >= 11 is 12.5.